The van der Waals surface area contributed by atoms with Gasteiger partial charge in [0.05, 0.1) is 12.8 Å². The van der Waals surface area contributed by atoms with Gasteiger partial charge in [-0.1, -0.05) is 0 Å². The minimum absolute atomic E-state index is 0.0530. The average Bonchev–Trinajstić information content (AvgIpc) is 2.67. The molecule has 2 N–H and O–H groups in total. The van der Waals surface area contributed by atoms with Crippen molar-refractivity contribution >= 4 is 46.8 Å². The van der Waals surface area contributed by atoms with Gasteiger partial charge in [-0.25, -0.2) is 4.79 Å². The number of carbonyl (C=O) groups excluding carboxylic acids is 4. The number of hydrogen-bond acceptors (Lipinski definition) is 7. The van der Waals surface area contributed by atoms with E-state index in [-0.39, 0.29) is 12.5 Å². The molecule has 1 aliphatic heterocycles. The molecule has 146 valence electrons. The first-order chi connectivity index (χ1) is 12.9. The molecule has 27 heavy (non-hydrogen) atoms. The third kappa shape index (κ3) is 5.13. The van der Waals surface area contributed by atoms with Crippen LogP contribution in [0.25, 0.3) is 0 Å². The van der Waals surface area contributed by atoms with Gasteiger partial charge < -0.3 is 25.0 Å². The third-order valence-electron chi connectivity index (χ3n) is 3.91. The second kappa shape index (κ2) is 9.26. The maximum atomic E-state index is 12.2. The summed E-state index contributed by atoms with van der Waals surface area (Å²) in [5.74, 6) is -1.60. The Bertz CT molecular complexity index is 754. The molecule has 0 aromatic heterocycles. The fourth-order valence-electron chi connectivity index (χ4n) is 2.39. The van der Waals surface area contributed by atoms with E-state index in [1.807, 2.05) is 6.26 Å². The Kier molecular flexibility index (Phi) is 7.05. The quantitative estimate of drug-likeness (QED) is 0.529. The van der Waals surface area contributed by atoms with Crippen LogP contribution in [0.2, 0.25) is 0 Å². The second-order valence-corrected chi connectivity index (χ2v) is 6.69. The highest BCUT2D eigenvalue weighted by atomic mass is 32.2. The third-order valence-corrected chi connectivity index (χ3v) is 4.56. The van der Waals surface area contributed by atoms with Crippen molar-refractivity contribution in [1.29, 1.82) is 0 Å². The molecule has 3 amide bonds. The molecule has 10 heteroatoms. The molecule has 0 aliphatic carbocycles. The lowest BCUT2D eigenvalue weighted by Gasteiger charge is -2.26. The molecular formula is C17H21N3O6S. The van der Waals surface area contributed by atoms with E-state index in [9.17, 15) is 19.2 Å². The predicted molar refractivity (Wildman–Crippen MR) is 101 cm³/mol. The van der Waals surface area contributed by atoms with Crippen LogP contribution >= 0.6 is 11.8 Å². The number of nitrogens with one attached hydrogen (secondary N) is 2. The summed E-state index contributed by atoms with van der Waals surface area (Å²) in [6, 6.07) is 3.78. The number of nitrogens with zero attached hydrogens (tertiary/aromatic N) is 1. The topological polar surface area (TPSA) is 114 Å². The van der Waals surface area contributed by atoms with Crippen molar-refractivity contribution < 1.29 is 28.7 Å². The normalized spacial score (nSPS) is 13.9. The van der Waals surface area contributed by atoms with E-state index >= 15 is 0 Å². The predicted octanol–water partition coefficient (Wildman–Crippen LogP) is 0.391. The molecule has 1 atom stereocenters. The lowest BCUT2D eigenvalue weighted by Crippen LogP contribution is -2.46. The molecule has 1 aromatic rings. The number of ether oxygens (including phenoxy) is 2. The Hall–Kier alpha value is -2.75. The summed E-state index contributed by atoms with van der Waals surface area (Å²) in [4.78, 5) is 49.1. The Morgan fingerprint density at radius 2 is 2.07 bits per heavy atom. The fourth-order valence-corrected chi connectivity index (χ4v) is 2.86. The van der Waals surface area contributed by atoms with Crippen molar-refractivity contribution in [1.82, 2.24) is 5.32 Å². The minimum Gasteiger partial charge on any atom is -0.482 e. The van der Waals surface area contributed by atoms with Gasteiger partial charge in [-0.3, -0.25) is 14.4 Å². The summed E-state index contributed by atoms with van der Waals surface area (Å²) < 4.78 is 9.95. The molecule has 0 fully saturated rings. The van der Waals surface area contributed by atoms with E-state index in [1.54, 1.807) is 19.2 Å². The van der Waals surface area contributed by atoms with Gasteiger partial charge in [0, 0.05) is 12.7 Å². The van der Waals surface area contributed by atoms with Crippen LogP contribution in [0.1, 0.15) is 6.42 Å². The first-order valence-electron chi connectivity index (χ1n) is 8.09. The number of carbonyl (C=O) groups is 4. The maximum Gasteiger partial charge on any atom is 0.328 e. The molecule has 1 unspecified atom stereocenters. The Labute approximate surface area is 160 Å². The molecule has 1 aliphatic rings. The number of esters is 1. The summed E-state index contributed by atoms with van der Waals surface area (Å²) in [6.45, 7) is -0.0530. The van der Waals surface area contributed by atoms with Crippen molar-refractivity contribution in [3.8, 4) is 5.75 Å². The van der Waals surface area contributed by atoms with Crippen molar-refractivity contribution in [2.24, 2.45) is 0 Å². The van der Waals surface area contributed by atoms with Gasteiger partial charge in [-0.15, -0.1) is 0 Å². The first kappa shape index (κ1) is 20.6. The van der Waals surface area contributed by atoms with Crippen molar-refractivity contribution in [3.63, 3.8) is 0 Å². The largest absolute Gasteiger partial charge is 0.482 e. The second-order valence-electron chi connectivity index (χ2n) is 5.71. The first-order valence-corrected chi connectivity index (χ1v) is 9.48. The molecular weight excluding hydrogens is 374 g/mol. The van der Waals surface area contributed by atoms with Crippen LogP contribution in [-0.2, 0) is 23.9 Å². The lowest BCUT2D eigenvalue weighted by atomic mass is 10.2. The van der Waals surface area contributed by atoms with Crippen molar-refractivity contribution in [2.45, 2.75) is 12.5 Å². The monoisotopic (exact) mass is 395 g/mol. The van der Waals surface area contributed by atoms with E-state index in [2.05, 4.69) is 15.4 Å². The van der Waals surface area contributed by atoms with Crippen LogP contribution in [0, 0.1) is 0 Å². The zero-order valence-corrected chi connectivity index (χ0v) is 16.1. The molecule has 2 rings (SSSR count). The van der Waals surface area contributed by atoms with Gasteiger partial charge in [0.1, 0.15) is 11.8 Å². The van der Waals surface area contributed by atoms with E-state index in [0.717, 1.165) is 0 Å². The summed E-state index contributed by atoms with van der Waals surface area (Å²) >= 11 is 1.51. The van der Waals surface area contributed by atoms with Gasteiger partial charge in [0.25, 0.3) is 5.91 Å². The van der Waals surface area contributed by atoms with E-state index < -0.39 is 23.8 Å². The average molecular weight is 395 g/mol. The van der Waals surface area contributed by atoms with Crippen molar-refractivity contribution in [3.05, 3.63) is 18.2 Å². The van der Waals surface area contributed by atoms with Crippen LogP contribution in [0.5, 0.6) is 5.75 Å². The van der Waals surface area contributed by atoms with Crippen molar-refractivity contribution in [2.75, 3.05) is 43.0 Å². The summed E-state index contributed by atoms with van der Waals surface area (Å²) in [7, 11) is 2.81. The van der Waals surface area contributed by atoms with E-state index in [4.69, 9.17) is 4.74 Å². The Balaban J connectivity index is 2.04. The number of fused-ring (bicyclic) bond motifs is 1. The molecule has 1 aromatic carbocycles. The summed E-state index contributed by atoms with van der Waals surface area (Å²) in [5, 5.41) is 4.82. The molecule has 0 spiro atoms. The Morgan fingerprint density at radius 1 is 1.33 bits per heavy atom. The maximum absolute atomic E-state index is 12.2. The highest BCUT2D eigenvalue weighted by Crippen LogP contribution is 2.33. The highest BCUT2D eigenvalue weighted by Gasteiger charge is 2.26. The summed E-state index contributed by atoms with van der Waals surface area (Å²) in [5.41, 5.74) is 0.801. The molecule has 9 nitrogen and oxygen atoms in total. The SMILES string of the molecule is COC(=O)C(CCSC)NC(=O)C(=O)Nc1ccc2c(c1)N(C)C(=O)CO2. The van der Waals surface area contributed by atoms with Gasteiger partial charge in [0.2, 0.25) is 0 Å². The number of rotatable bonds is 6. The standard InChI is InChI=1S/C17H21N3O6S/c1-20-12-8-10(4-5-13(12)26-9-14(20)21)18-15(22)16(23)19-11(6-7-27-3)17(24)25-2/h4-5,8,11H,6-7,9H2,1-3H3,(H,18,22)(H,19,23). The van der Waals surface area contributed by atoms with E-state index in [1.165, 1.54) is 29.8 Å². The number of hydrogen-bond donors (Lipinski definition) is 2. The van der Waals surface area contributed by atoms with Gasteiger partial charge in [-0.2, -0.15) is 11.8 Å². The number of methoxy groups -OCH3 is 1. The zero-order valence-electron chi connectivity index (χ0n) is 15.2. The number of anilines is 2. The molecule has 0 saturated carbocycles. The number of thioether (sulfide) groups is 1. The van der Waals surface area contributed by atoms with Gasteiger partial charge >= 0.3 is 17.8 Å². The smallest absolute Gasteiger partial charge is 0.328 e. The van der Waals surface area contributed by atoms with E-state index in [0.29, 0.717) is 29.3 Å². The highest BCUT2D eigenvalue weighted by molar-refractivity contribution is 7.98. The number of benzene rings is 1. The molecule has 1 heterocycles. The molecule has 0 bridgehead atoms. The van der Waals surface area contributed by atoms with Gasteiger partial charge in [0.15, 0.2) is 6.61 Å². The van der Waals surface area contributed by atoms with Crippen LogP contribution in [-0.4, -0.2) is 62.5 Å². The molecule has 0 saturated heterocycles. The van der Waals surface area contributed by atoms with Crippen LogP contribution < -0.4 is 20.3 Å². The molecule has 0 radical (unpaired) electrons. The van der Waals surface area contributed by atoms with Crippen LogP contribution in [0.4, 0.5) is 11.4 Å². The number of likely N-dealkylation sites (N-methyl/N-ethyl adjacent to an activating group) is 1. The Morgan fingerprint density at radius 3 is 2.74 bits per heavy atom. The minimum atomic E-state index is -0.954. The fraction of sp³-hybridized carbons (Fsp3) is 0.412. The zero-order chi connectivity index (χ0) is 20.0. The summed E-state index contributed by atoms with van der Waals surface area (Å²) in [6.07, 6.45) is 2.21. The number of amides is 3. The lowest BCUT2D eigenvalue weighted by molar-refractivity contribution is -0.146. The van der Waals surface area contributed by atoms with Crippen LogP contribution in [0.15, 0.2) is 18.2 Å². The van der Waals surface area contributed by atoms with Crippen LogP contribution in [0.3, 0.4) is 0 Å². The van der Waals surface area contributed by atoms with Gasteiger partial charge in [-0.05, 0) is 36.6 Å².